The molecular formula is C22H29N5O4. The van der Waals surface area contributed by atoms with Crippen molar-refractivity contribution in [1.82, 2.24) is 20.3 Å². The van der Waals surface area contributed by atoms with Gasteiger partial charge < -0.3 is 9.84 Å². The van der Waals surface area contributed by atoms with Crippen molar-refractivity contribution in [3.05, 3.63) is 39.5 Å². The van der Waals surface area contributed by atoms with E-state index in [1.807, 2.05) is 0 Å². The number of hydrogen-bond donors (Lipinski definition) is 1. The minimum absolute atomic E-state index is 0.0898. The predicted octanol–water partition coefficient (Wildman–Crippen LogP) is 3.86. The molecule has 0 aliphatic heterocycles. The Morgan fingerprint density at radius 3 is 2.52 bits per heavy atom. The van der Waals surface area contributed by atoms with Gasteiger partial charge >= 0.3 is 5.69 Å². The monoisotopic (exact) mass is 427 g/mol. The molecule has 4 fully saturated rings. The van der Waals surface area contributed by atoms with Crippen molar-refractivity contribution in [3.63, 3.8) is 0 Å². The van der Waals surface area contributed by atoms with Crippen molar-refractivity contribution in [2.24, 2.45) is 23.2 Å². The number of carbonyl (C=O) groups is 1. The lowest BCUT2D eigenvalue weighted by Gasteiger charge is -2.59. The Morgan fingerprint density at radius 2 is 1.97 bits per heavy atom. The van der Waals surface area contributed by atoms with E-state index < -0.39 is 4.92 Å². The highest BCUT2D eigenvalue weighted by Gasteiger charge is 2.54. The number of nitro groups is 1. The van der Waals surface area contributed by atoms with Gasteiger partial charge in [0.25, 0.3) is 5.91 Å². The molecule has 1 amide bonds. The minimum Gasteiger partial charge on any atom is -0.361 e. The van der Waals surface area contributed by atoms with Gasteiger partial charge in [-0.25, -0.2) is 0 Å². The van der Waals surface area contributed by atoms with Crippen LogP contribution in [0.3, 0.4) is 0 Å². The van der Waals surface area contributed by atoms with Gasteiger partial charge in [0, 0.05) is 11.6 Å². The molecule has 1 unspecified atom stereocenters. The van der Waals surface area contributed by atoms with E-state index in [2.05, 4.69) is 22.5 Å². The normalized spacial score (nSPS) is 29.8. The Morgan fingerprint density at radius 1 is 1.32 bits per heavy atom. The SMILES string of the molecule is CCC(NC(=O)c1noc(C)c1Cn1cc([N+](=O)[O-])cn1)C12CC3CC(CC(C3)C1)C2. The van der Waals surface area contributed by atoms with Crippen LogP contribution in [0.1, 0.15) is 73.7 Å². The molecule has 4 saturated carbocycles. The van der Waals surface area contributed by atoms with Crippen LogP contribution >= 0.6 is 0 Å². The summed E-state index contributed by atoms with van der Waals surface area (Å²) in [6, 6.07) is 0.129. The Balaban J connectivity index is 1.35. The van der Waals surface area contributed by atoms with E-state index in [1.165, 1.54) is 55.6 Å². The second-order valence-corrected chi connectivity index (χ2v) is 9.93. The first kappa shape index (κ1) is 20.2. The Labute approximate surface area is 180 Å². The highest BCUT2D eigenvalue weighted by atomic mass is 16.6. The fraction of sp³-hybridized carbons (Fsp3) is 0.682. The van der Waals surface area contributed by atoms with Crippen LogP contribution in [0.2, 0.25) is 0 Å². The summed E-state index contributed by atoms with van der Waals surface area (Å²) in [5.41, 5.74) is 0.975. The highest BCUT2D eigenvalue weighted by molar-refractivity contribution is 5.94. The third kappa shape index (κ3) is 3.53. The van der Waals surface area contributed by atoms with E-state index in [1.54, 1.807) is 6.92 Å². The first-order valence-electron chi connectivity index (χ1n) is 11.3. The van der Waals surface area contributed by atoms with Crippen LogP contribution in [0.4, 0.5) is 5.69 Å². The van der Waals surface area contributed by atoms with Gasteiger partial charge in [-0.05, 0) is 75.0 Å². The second-order valence-electron chi connectivity index (χ2n) is 9.93. The third-order valence-corrected chi connectivity index (χ3v) is 7.89. The number of hydrogen-bond acceptors (Lipinski definition) is 6. The van der Waals surface area contributed by atoms with Crippen LogP contribution in [-0.4, -0.2) is 31.8 Å². The maximum atomic E-state index is 13.3. The van der Waals surface area contributed by atoms with Gasteiger partial charge in [0.05, 0.1) is 11.5 Å². The zero-order valence-electron chi connectivity index (χ0n) is 18.0. The van der Waals surface area contributed by atoms with Crippen molar-refractivity contribution in [2.45, 2.75) is 71.4 Å². The molecule has 0 saturated heterocycles. The molecule has 0 spiro atoms. The summed E-state index contributed by atoms with van der Waals surface area (Å²) < 4.78 is 6.76. The molecule has 6 rings (SSSR count). The van der Waals surface area contributed by atoms with Crippen LogP contribution in [0.5, 0.6) is 0 Å². The van der Waals surface area contributed by atoms with Crippen LogP contribution in [0.25, 0.3) is 0 Å². The van der Waals surface area contributed by atoms with Gasteiger partial charge in [0.2, 0.25) is 0 Å². The van der Waals surface area contributed by atoms with Crippen molar-refractivity contribution >= 4 is 11.6 Å². The summed E-state index contributed by atoms with van der Waals surface area (Å²) in [4.78, 5) is 23.7. The van der Waals surface area contributed by atoms with Crippen molar-refractivity contribution < 1.29 is 14.2 Å². The fourth-order valence-corrected chi connectivity index (χ4v) is 6.97. The fourth-order valence-electron chi connectivity index (χ4n) is 6.97. The largest absolute Gasteiger partial charge is 0.361 e. The predicted molar refractivity (Wildman–Crippen MR) is 111 cm³/mol. The summed E-state index contributed by atoms with van der Waals surface area (Å²) >= 11 is 0. The smallest absolute Gasteiger partial charge is 0.307 e. The van der Waals surface area contributed by atoms with E-state index in [9.17, 15) is 14.9 Å². The Bertz CT molecular complexity index is 974. The summed E-state index contributed by atoms with van der Waals surface area (Å²) in [6.45, 7) is 4.09. The second kappa shape index (κ2) is 7.46. The van der Waals surface area contributed by atoms with Crippen molar-refractivity contribution in [2.75, 3.05) is 0 Å². The van der Waals surface area contributed by atoms with Crippen LogP contribution in [0, 0.1) is 40.2 Å². The highest BCUT2D eigenvalue weighted by Crippen LogP contribution is 2.61. The lowest BCUT2D eigenvalue weighted by atomic mass is 9.47. The molecule has 2 heterocycles. The van der Waals surface area contributed by atoms with Gasteiger partial charge in [-0.1, -0.05) is 12.1 Å². The maximum absolute atomic E-state index is 13.3. The van der Waals surface area contributed by atoms with Crippen LogP contribution < -0.4 is 5.32 Å². The molecule has 2 aromatic heterocycles. The molecule has 4 aliphatic rings. The maximum Gasteiger partial charge on any atom is 0.307 e. The van der Waals surface area contributed by atoms with Crippen LogP contribution in [-0.2, 0) is 6.54 Å². The zero-order chi connectivity index (χ0) is 21.8. The molecule has 4 aliphatic carbocycles. The van der Waals surface area contributed by atoms with E-state index >= 15 is 0 Å². The Hall–Kier alpha value is -2.71. The third-order valence-electron chi connectivity index (χ3n) is 7.89. The van der Waals surface area contributed by atoms with Gasteiger partial charge in [-0.15, -0.1) is 0 Å². The van der Waals surface area contributed by atoms with E-state index in [4.69, 9.17) is 4.52 Å². The molecule has 9 heteroatoms. The van der Waals surface area contributed by atoms with Gasteiger partial charge in [-0.2, -0.15) is 5.10 Å². The lowest BCUT2D eigenvalue weighted by Crippen LogP contribution is -2.56. The van der Waals surface area contributed by atoms with E-state index in [0.29, 0.717) is 11.3 Å². The first-order valence-corrected chi connectivity index (χ1v) is 11.3. The number of carbonyl (C=O) groups excluding carboxylic acids is 1. The number of nitrogens with one attached hydrogen (secondary N) is 1. The summed E-state index contributed by atoms with van der Waals surface area (Å²) in [5.74, 6) is 2.75. The van der Waals surface area contributed by atoms with Gasteiger partial charge in [0.15, 0.2) is 5.69 Å². The molecule has 9 nitrogen and oxygen atoms in total. The molecule has 166 valence electrons. The average Bonchev–Trinajstić information content (AvgIpc) is 3.32. The molecule has 1 N–H and O–H groups in total. The molecule has 0 radical (unpaired) electrons. The number of aryl methyl sites for hydroxylation is 1. The summed E-state index contributed by atoms with van der Waals surface area (Å²) in [5, 5.41) is 22.3. The lowest BCUT2D eigenvalue weighted by molar-refractivity contribution is -0.385. The molecule has 2 aromatic rings. The molecular weight excluding hydrogens is 398 g/mol. The number of rotatable bonds is 7. The van der Waals surface area contributed by atoms with E-state index in [-0.39, 0.29) is 35.3 Å². The molecule has 0 aromatic carbocycles. The van der Waals surface area contributed by atoms with Crippen molar-refractivity contribution in [1.29, 1.82) is 0 Å². The zero-order valence-corrected chi connectivity index (χ0v) is 18.0. The van der Waals surface area contributed by atoms with Crippen LogP contribution in [0.15, 0.2) is 16.9 Å². The molecule has 31 heavy (non-hydrogen) atoms. The topological polar surface area (TPSA) is 116 Å². The summed E-state index contributed by atoms with van der Waals surface area (Å²) in [7, 11) is 0. The quantitative estimate of drug-likeness (QED) is 0.530. The minimum atomic E-state index is -0.491. The average molecular weight is 428 g/mol. The van der Waals surface area contributed by atoms with Crippen molar-refractivity contribution in [3.8, 4) is 0 Å². The Kier molecular flexibility index (Phi) is 4.86. The first-order chi connectivity index (χ1) is 14.9. The standard InChI is InChI=1S/C22H29N5O4/c1-3-19(22-7-14-4-15(8-22)6-16(5-14)9-22)24-21(28)20-18(13(2)31-25-20)12-26-11-17(10-23-26)27(29)30/h10-11,14-16,19H,3-9,12H2,1-2H3,(H,24,28). The van der Waals surface area contributed by atoms with Gasteiger partial charge in [0.1, 0.15) is 18.2 Å². The molecule has 4 bridgehead atoms. The number of aromatic nitrogens is 3. The van der Waals surface area contributed by atoms with E-state index in [0.717, 1.165) is 24.2 Å². The summed E-state index contributed by atoms with van der Waals surface area (Å²) in [6.07, 6.45) is 11.2. The molecule has 1 atom stereocenters. The van der Waals surface area contributed by atoms with Gasteiger partial charge in [-0.3, -0.25) is 19.6 Å². The number of nitrogens with zero attached hydrogens (tertiary/aromatic N) is 4. The number of amides is 1.